The van der Waals surface area contributed by atoms with E-state index in [0.717, 1.165) is 6.42 Å². The van der Waals surface area contributed by atoms with Crippen LogP contribution < -0.4 is 15.2 Å². The van der Waals surface area contributed by atoms with Crippen LogP contribution >= 0.6 is 0 Å². The van der Waals surface area contributed by atoms with E-state index in [1.807, 2.05) is 20.8 Å². The molecule has 0 amide bonds. The number of nitrogens with one attached hydrogen (secondary N) is 1. The van der Waals surface area contributed by atoms with E-state index in [4.69, 9.17) is 10.5 Å². The van der Waals surface area contributed by atoms with Crippen molar-refractivity contribution in [2.24, 2.45) is 11.7 Å². The zero-order valence-corrected chi connectivity index (χ0v) is 14.0. The van der Waals surface area contributed by atoms with E-state index in [0.29, 0.717) is 24.3 Å². The summed E-state index contributed by atoms with van der Waals surface area (Å²) in [7, 11) is -2.00. The summed E-state index contributed by atoms with van der Waals surface area (Å²) in [6.07, 6.45) is 1.41. The third-order valence-corrected chi connectivity index (χ3v) is 5.47. The number of rotatable bonds is 8. The Bertz CT molecular complexity index is 558. The van der Waals surface area contributed by atoms with Crippen molar-refractivity contribution in [1.82, 2.24) is 4.72 Å². The lowest BCUT2D eigenvalue weighted by molar-refractivity contribution is 0.413. The molecule has 0 fully saturated rings. The number of hydrogen-bond acceptors (Lipinski definition) is 4. The first-order valence-electron chi connectivity index (χ1n) is 7.25. The van der Waals surface area contributed by atoms with E-state index in [-0.39, 0.29) is 16.9 Å². The first-order chi connectivity index (χ1) is 9.85. The van der Waals surface area contributed by atoms with Crippen molar-refractivity contribution in [2.45, 2.75) is 44.6 Å². The highest BCUT2D eigenvalue weighted by Gasteiger charge is 2.23. The van der Waals surface area contributed by atoms with Crippen molar-refractivity contribution in [3.05, 3.63) is 23.8 Å². The zero-order valence-electron chi connectivity index (χ0n) is 13.2. The molecule has 5 nitrogen and oxygen atoms in total. The maximum absolute atomic E-state index is 12.6. The van der Waals surface area contributed by atoms with Gasteiger partial charge in [0, 0.05) is 6.04 Å². The zero-order chi connectivity index (χ0) is 16.0. The van der Waals surface area contributed by atoms with Gasteiger partial charge < -0.3 is 10.5 Å². The Morgan fingerprint density at radius 3 is 2.52 bits per heavy atom. The van der Waals surface area contributed by atoms with E-state index < -0.39 is 10.0 Å². The molecule has 0 radical (unpaired) electrons. The van der Waals surface area contributed by atoms with Crippen LogP contribution in [-0.2, 0) is 16.4 Å². The van der Waals surface area contributed by atoms with Crippen LogP contribution in [0.2, 0.25) is 0 Å². The average Bonchev–Trinajstić information content (AvgIpc) is 2.45. The quantitative estimate of drug-likeness (QED) is 0.768. The van der Waals surface area contributed by atoms with Crippen LogP contribution in [0, 0.1) is 5.92 Å². The summed E-state index contributed by atoms with van der Waals surface area (Å²) in [5.41, 5.74) is 6.26. The molecule has 120 valence electrons. The largest absolute Gasteiger partial charge is 0.497 e. The second-order valence-corrected chi connectivity index (χ2v) is 6.99. The Morgan fingerprint density at radius 2 is 2.00 bits per heavy atom. The maximum atomic E-state index is 12.6. The topological polar surface area (TPSA) is 81.4 Å². The summed E-state index contributed by atoms with van der Waals surface area (Å²) in [4.78, 5) is 0.281. The third-order valence-electron chi connectivity index (χ3n) is 3.81. The molecule has 0 saturated heterocycles. The van der Waals surface area contributed by atoms with Gasteiger partial charge in [0.05, 0.1) is 12.0 Å². The van der Waals surface area contributed by atoms with Crippen LogP contribution in [0.1, 0.15) is 32.8 Å². The van der Waals surface area contributed by atoms with Crippen LogP contribution in [-0.4, -0.2) is 28.1 Å². The lowest BCUT2D eigenvalue weighted by Crippen LogP contribution is -2.37. The summed E-state index contributed by atoms with van der Waals surface area (Å²) < 4.78 is 33.0. The first-order valence-corrected chi connectivity index (χ1v) is 8.73. The molecule has 0 aliphatic heterocycles. The molecule has 1 aromatic rings. The molecule has 0 aliphatic carbocycles. The number of hydrogen-bond donors (Lipinski definition) is 2. The third kappa shape index (κ3) is 4.69. The van der Waals surface area contributed by atoms with E-state index >= 15 is 0 Å². The smallest absolute Gasteiger partial charge is 0.241 e. The van der Waals surface area contributed by atoms with Gasteiger partial charge in [0.15, 0.2) is 0 Å². The molecule has 2 unspecified atom stereocenters. The fourth-order valence-electron chi connectivity index (χ4n) is 2.07. The fourth-order valence-corrected chi connectivity index (χ4v) is 3.68. The second kappa shape index (κ2) is 7.77. The molecule has 2 atom stereocenters. The highest BCUT2D eigenvalue weighted by Crippen LogP contribution is 2.23. The van der Waals surface area contributed by atoms with E-state index in [1.54, 1.807) is 25.3 Å². The van der Waals surface area contributed by atoms with Crippen molar-refractivity contribution >= 4 is 10.0 Å². The Morgan fingerprint density at radius 1 is 1.33 bits per heavy atom. The Hall–Kier alpha value is -1.11. The number of sulfonamides is 1. The maximum Gasteiger partial charge on any atom is 0.241 e. The summed E-state index contributed by atoms with van der Waals surface area (Å²) in [5.74, 6) is 0.906. The minimum atomic E-state index is -3.55. The molecule has 21 heavy (non-hydrogen) atoms. The predicted octanol–water partition coefficient (Wildman–Crippen LogP) is 1.91. The second-order valence-electron chi connectivity index (χ2n) is 5.31. The Kier molecular flexibility index (Phi) is 6.64. The molecule has 0 aliphatic rings. The summed E-state index contributed by atoms with van der Waals surface area (Å²) in [6.45, 7) is 6.35. The van der Waals surface area contributed by atoms with Gasteiger partial charge >= 0.3 is 0 Å². The van der Waals surface area contributed by atoms with Crippen LogP contribution in [0.3, 0.4) is 0 Å². The van der Waals surface area contributed by atoms with Gasteiger partial charge in [0.25, 0.3) is 0 Å². The van der Waals surface area contributed by atoms with Crippen LogP contribution in [0.25, 0.3) is 0 Å². The Balaban J connectivity index is 3.12. The van der Waals surface area contributed by atoms with Gasteiger partial charge in [-0.1, -0.05) is 20.3 Å². The van der Waals surface area contributed by atoms with Gasteiger partial charge in [0.1, 0.15) is 5.75 Å². The fraction of sp³-hybridized carbons (Fsp3) is 0.600. The highest BCUT2D eigenvalue weighted by molar-refractivity contribution is 7.89. The number of benzene rings is 1. The molecule has 1 aromatic carbocycles. The molecular formula is C15H26N2O3S. The summed E-state index contributed by atoms with van der Waals surface area (Å²) >= 11 is 0. The average molecular weight is 314 g/mol. The minimum absolute atomic E-state index is 0.118. The standard InChI is InChI=1S/C15H26N2O3S/c1-5-11(2)12(3)17-21(18,19)15-7-6-14(20-4)10-13(15)8-9-16/h6-7,10-12,17H,5,8-9,16H2,1-4H3. The molecule has 0 aromatic heterocycles. The van der Waals surface area contributed by atoms with E-state index in [1.165, 1.54) is 0 Å². The molecule has 3 N–H and O–H groups in total. The van der Waals surface area contributed by atoms with Crippen LogP contribution in [0.4, 0.5) is 0 Å². The highest BCUT2D eigenvalue weighted by atomic mass is 32.2. The van der Waals surface area contributed by atoms with Crippen molar-refractivity contribution < 1.29 is 13.2 Å². The van der Waals surface area contributed by atoms with Crippen molar-refractivity contribution in [2.75, 3.05) is 13.7 Å². The first kappa shape index (κ1) is 17.9. The van der Waals surface area contributed by atoms with Gasteiger partial charge in [0.2, 0.25) is 10.0 Å². The number of ether oxygens (including phenoxy) is 1. The molecule has 0 saturated carbocycles. The summed E-state index contributed by atoms with van der Waals surface area (Å²) in [5, 5.41) is 0. The molecule has 6 heteroatoms. The SMILES string of the molecule is CCC(C)C(C)NS(=O)(=O)c1ccc(OC)cc1CCN. The lowest BCUT2D eigenvalue weighted by Gasteiger charge is -2.21. The van der Waals surface area contributed by atoms with Crippen LogP contribution in [0.15, 0.2) is 23.1 Å². The van der Waals surface area contributed by atoms with Crippen molar-refractivity contribution in [3.8, 4) is 5.75 Å². The number of nitrogens with two attached hydrogens (primary N) is 1. The molecule has 0 spiro atoms. The predicted molar refractivity (Wildman–Crippen MR) is 85.0 cm³/mol. The van der Waals surface area contributed by atoms with E-state index in [2.05, 4.69) is 4.72 Å². The van der Waals surface area contributed by atoms with Gasteiger partial charge in [-0.3, -0.25) is 0 Å². The summed E-state index contributed by atoms with van der Waals surface area (Å²) in [6, 6.07) is 4.85. The van der Waals surface area contributed by atoms with Crippen molar-refractivity contribution in [3.63, 3.8) is 0 Å². The molecular weight excluding hydrogens is 288 g/mol. The normalized spacial score (nSPS) is 14.7. The molecule has 0 bridgehead atoms. The van der Waals surface area contributed by atoms with Gasteiger partial charge in [-0.25, -0.2) is 13.1 Å². The van der Waals surface area contributed by atoms with E-state index in [9.17, 15) is 8.42 Å². The lowest BCUT2D eigenvalue weighted by atomic mass is 10.0. The Labute approximate surface area is 127 Å². The van der Waals surface area contributed by atoms with Crippen LogP contribution in [0.5, 0.6) is 5.75 Å². The molecule has 0 heterocycles. The number of methoxy groups -OCH3 is 1. The monoisotopic (exact) mass is 314 g/mol. The molecule has 1 rings (SSSR count). The van der Waals surface area contributed by atoms with Gasteiger partial charge in [-0.05, 0) is 49.6 Å². The van der Waals surface area contributed by atoms with Gasteiger partial charge in [-0.15, -0.1) is 0 Å². The van der Waals surface area contributed by atoms with Crippen molar-refractivity contribution in [1.29, 1.82) is 0 Å². The van der Waals surface area contributed by atoms with Gasteiger partial charge in [-0.2, -0.15) is 0 Å². The minimum Gasteiger partial charge on any atom is -0.497 e.